The summed E-state index contributed by atoms with van der Waals surface area (Å²) < 4.78 is 5.19. The Morgan fingerprint density at radius 3 is 2.54 bits per heavy atom. The second-order valence-corrected chi connectivity index (χ2v) is 6.98. The molecule has 1 aromatic carbocycles. The molecule has 2 saturated heterocycles. The normalized spacial score (nSPS) is 24.5. The summed E-state index contributed by atoms with van der Waals surface area (Å²) in [6, 6.07) is 9.08. The molecule has 2 aliphatic rings. The van der Waals surface area contributed by atoms with E-state index in [1.165, 1.54) is 31.4 Å². The Hall–Kier alpha value is -1.55. The Morgan fingerprint density at radius 1 is 1.12 bits per heavy atom. The summed E-state index contributed by atoms with van der Waals surface area (Å²) >= 11 is 0. The molecule has 0 aliphatic carbocycles. The fourth-order valence-electron chi connectivity index (χ4n) is 4.37. The molecule has 0 saturated carbocycles. The van der Waals surface area contributed by atoms with Crippen molar-refractivity contribution in [2.45, 2.75) is 57.5 Å². The fraction of sp³-hybridized carbons (Fsp3) is 0.650. The van der Waals surface area contributed by atoms with Gasteiger partial charge in [0.05, 0.1) is 7.11 Å². The van der Waals surface area contributed by atoms with Gasteiger partial charge in [0.25, 0.3) is 0 Å². The summed E-state index contributed by atoms with van der Waals surface area (Å²) in [7, 11) is 1.68. The smallest absolute Gasteiger partial charge is 0.223 e. The van der Waals surface area contributed by atoms with Gasteiger partial charge in [-0.2, -0.15) is 0 Å². The number of nitrogens with zero attached hydrogens (tertiary/aromatic N) is 2. The number of carbonyl (C=O) groups is 1. The number of benzene rings is 1. The predicted octanol–water partition coefficient (Wildman–Crippen LogP) is 3.10. The van der Waals surface area contributed by atoms with Gasteiger partial charge in [-0.05, 0) is 62.9 Å². The molecule has 0 spiro atoms. The molecule has 2 fully saturated rings. The van der Waals surface area contributed by atoms with E-state index in [-0.39, 0.29) is 0 Å². The molecule has 0 aromatic heterocycles. The molecular weight excluding hydrogens is 300 g/mol. The topological polar surface area (TPSA) is 32.8 Å². The Labute approximate surface area is 145 Å². The largest absolute Gasteiger partial charge is 0.497 e. The number of hydrogen-bond donors (Lipinski definition) is 0. The minimum absolute atomic E-state index is 0.330. The number of ether oxygens (including phenoxy) is 1. The third-order valence-corrected chi connectivity index (χ3v) is 5.67. The molecule has 0 N–H and O–H groups in total. The number of hydrogen-bond acceptors (Lipinski definition) is 3. The molecule has 2 aliphatic heterocycles. The van der Waals surface area contributed by atoms with Crippen molar-refractivity contribution in [1.82, 2.24) is 9.80 Å². The van der Waals surface area contributed by atoms with Crippen LogP contribution in [0.2, 0.25) is 0 Å². The van der Waals surface area contributed by atoms with Crippen molar-refractivity contribution in [2.24, 2.45) is 0 Å². The van der Waals surface area contributed by atoms with Crippen molar-refractivity contribution in [3.63, 3.8) is 0 Å². The van der Waals surface area contributed by atoms with E-state index in [9.17, 15) is 4.79 Å². The van der Waals surface area contributed by atoms with Crippen LogP contribution < -0.4 is 4.74 Å². The van der Waals surface area contributed by atoms with E-state index in [1.54, 1.807) is 7.11 Å². The average Bonchev–Trinajstić information content (AvgIpc) is 3.28. The van der Waals surface area contributed by atoms with Crippen LogP contribution in [-0.4, -0.2) is 54.5 Å². The van der Waals surface area contributed by atoms with Crippen molar-refractivity contribution >= 4 is 5.91 Å². The number of aryl methyl sites for hydroxylation is 1. The highest BCUT2D eigenvalue weighted by Crippen LogP contribution is 2.30. The predicted molar refractivity (Wildman–Crippen MR) is 96.3 cm³/mol. The molecule has 0 unspecified atom stereocenters. The van der Waals surface area contributed by atoms with Gasteiger partial charge in [0, 0.05) is 25.0 Å². The lowest BCUT2D eigenvalue weighted by atomic mass is 10.0. The molecule has 1 aromatic rings. The average molecular weight is 330 g/mol. The molecular formula is C20H30N2O2. The maximum atomic E-state index is 12.8. The van der Waals surface area contributed by atoms with Gasteiger partial charge < -0.3 is 9.64 Å². The molecule has 2 atom stereocenters. The molecule has 0 bridgehead atoms. The maximum Gasteiger partial charge on any atom is 0.223 e. The van der Waals surface area contributed by atoms with Crippen LogP contribution in [0.1, 0.15) is 44.6 Å². The van der Waals surface area contributed by atoms with E-state index >= 15 is 0 Å². The highest BCUT2D eigenvalue weighted by molar-refractivity contribution is 5.77. The van der Waals surface area contributed by atoms with Crippen LogP contribution in [0.4, 0.5) is 0 Å². The highest BCUT2D eigenvalue weighted by atomic mass is 16.5. The van der Waals surface area contributed by atoms with Gasteiger partial charge in [0.1, 0.15) is 5.75 Å². The van der Waals surface area contributed by atoms with Gasteiger partial charge in [-0.1, -0.05) is 19.1 Å². The van der Waals surface area contributed by atoms with Crippen LogP contribution in [-0.2, 0) is 11.2 Å². The summed E-state index contributed by atoms with van der Waals surface area (Å²) in [5, 5.41) is 0. The molecule has 1 amide bonds. The van der Waals surface area contributed by atoms with Crippen molar-refractivity contribution in [3.8, 4) is 5.75 Å². The van der Waals surface area contributed by atoms with Crippen LogP contribution in [0.15, 0.2) is 24.3 Å². The Kier molecular flexibility index (Phi) is 5.77. The van der Waals surface area contributed by atoms with Gasteiger partial charge >= 0.3 is 0 Å². The van der Waals surface area contributed by atoms with Crippen LogP contribution in [0.3, 0.4) is 0 Å². The quantitative estimate of drug-likeness (QED) is 0.803. The summed E-state index contributed by atoms with van der Waals surface area (Å²) in [6.07, 6.45) is 6.29. The third kappa shape index (κ3) is 3.75. The van der Waals surface area contributed by atoms with Gasteiger partial charge in [-0.15, -0.1) is 0 Å². The van der Waals surface area contributed by atoms with Gasteiger partial charge in [-0.3, -0.25) is 9.69 Å². The van der Waals surface area contributed by atoms with E-state index in [2.05, 4.69) is 28.9 Å². The van der Waals surface area contributed by atoms with Crippen LogP contribution >= 0.6 is 0 Å². The molecule has 4 nitrogen and oxygen atoms in total. The Balaban J connectivity index is 1.57. The van der Waals surface area contributed by atoms with Crippen molar-refractivity contribution in [2.75, 3.05) is 26.7 Å². The summed E-state index contributed by atoms with van der Waals surface area (Å²) in [5.41, 5.74) is 1.20. The van der Waals surface area contributed by atoms with Gasteiger partial charge in [0.2, 0.25) is 5.91 Å². The number of likely N-dealkylation sites (tertiary alicyclic amines) is 2. The van der Waals surface area contributed by atoms with Crippen LogP contribution in [0, 0.1) is 0 Å². The lowest BCUT2D eigenvalue weighted by Crippen LogP contribution is -2.48. The Bertz CT molecular complexity index is 543. The van der Waals surface area contributed by atoms with E-state index in [1.807, 2.05) is 12.1 Å². The van der Waals surface area contributed by atoms with E-state index in [4.69, 9.17) is 4.74 Å². The fourth-order valence-corrected chi connectivity index (χ4v) is 4.37. The van der Waals surface area contributed by atoms with Crippen molar-refractivity contribution in [3.05, 3.63) is 29.8 Å². The van der Waals surface area contributed by atoms with Gasteiger partial charge in [0.15, 0.2) is 0 Å². The number of rotatable bonds is 6. The zero-order valence-electron chi connectivity index (χ0n) is 15.0. The zero-order valence-corrected chi connectivity index (χ0v) is 15.0. The standard InChI is InChI=1S/C20H30N2O2/c1-3-21-14-4-6-18(21)19-7-5-15-22(19)20(23)13-10-16-8-11-17(24-2)12-9-16/h8-9,11-12,18-19H,3-7,10,13-15H2,1-2H3/t18-,19-/m0/s1. The van der Waals surface area contributed by atoms with Crippen LogP contribution in [0.5, 0.6) is 5.75 Å². The minimum atomic E-state index is 0.330. The second-order valence-electron chi connectivity index (χ2n) is 6.98. The minimum Gasteiger partial charge on any atom is -0.497 e. The monoisotopic (exact) mass is 330 g/mol. The summed E-state index contributed by atoms with van der Waals surface area (Å²) in [5.74, 6) is 1.20. The maximum absolute atomic E-state index is 12.8. The zero-order chi connectivity index (χ0) is 16.9. The summed E-state index contributed by atoms with van der Waals surface area (Å²) in [4.78, 5) is 17.5. The third-order valence-electron chi connectivity index (χ3n) is 5.67. The lowest BCUT2D eigenvalue weighted by Gasteiger charge is -2.34. The molecule has 24 heavy (non-hydrogen) atoms. The molecule has 3 rings (SSSR count). The molecule has 4 heteroatoms. The van der Waals surface area contributed by atoms with E-state index in [0.717, 1.165) is 31.7 Å². The highest BCUT2D eigenvalue weighted by Gasteiger charge is 2.38. The first-order valence-electron chi connectivity index (χ1n) is 9.39. The summed E-state index contributed by atoms with van der Waals surface area (Å²) in [6.45, 7) is 5.49. The van der Waals surface area contributed by atoms with Gasteiger partial charge in [-0.25, -0.2) is 0 Å². The second kappa shape index (κ2) is 8.02. The lowest BCUT2D eigenvalue weighted by molar-refractivity contribution is -0.133. The first kappa shape index (κ1) is 17.3. The van der Waals surface area contributed by atoms with E-state index in [0.29, 0.717) is 24.4 Å². The number of amides is 1. The first-order valence-corrected chi connectivity index (χ1v) is 9.39. The van der Waals surface area contributed by atoms with Crippen LogP contribution in [0.25, 0.3) is 0 Å². The van der Waals surface area contributed by atoms with Crippen molar-refractivity contribution < 1.29 is 9.53 Å². The number of methoxy groups -OCH3 is 1. The van der Waals surface area contributed by atoms with Crippen molar-refractivity contribution in [1.29, 1.82) is 0 Å². The van der Waals surface area contributed by atoms with E-state index < -0.39 is 0 Å². The SMILES string of the molecule is CCN1CCC[C@H]1[C@@H]1CCCN1C(=O)CCc1ccc(OC)cc1. The number of carbonyl (C=O) groups excluding carboxylic acids is 1. The Morgan fingerprint density at radius 2 is 1.83 bits per heavy atom. The molecule has 2 heterocycles. The molecule has 132 valence electrons. The first-order chi connectivity index (χ1) is 11.7. The molecule has 0 radical (unpaired) electrons. The number of likely N-dealkylation sites (N-methyl/N-ethyl adjacent to an activating group) is 1.